The predicted octanol–water partition coefficient (Wildman–Crippen LogP) is 4.58. The van der Waals surface area contributed by atoms with Gasteiger partial charge in [-0.3, -0.25) is 4.79 Å². The highest BCUT2D eigenvalue weighted by Gasteiger charge is 2.30. The minimum absolute atomic E-state index is 0.0168. The van der Waals surface area contributed by atoms with Crippen LogP contribution in [0.2, 0.25) is 10.0 Å². The van der Waals surface area contributed by atoms with Crippen LogP contribution in [0.3, 0.4) is 0 Å². The van der Waals surface area contributed by atoms with Gasteiger partial charge in [0.05, 0.1) is 15.6 Å². The first-order chi connectivity index (χ1) is 12.6. The number of amides is 1. The van der Waals surface area contributed by atoms with Crippen molar-refractivity contribution in [2.24, 2.45) is 11.8 Å². The maximum atomic E-state index is 12.9. The molecule has 0 unspecified atom stereocenters. The van der Waals surface area contributed by atoms with Crippen LogP contribution in [0, 0.1) is 11.8 Å². The normalized spacial score (nSPS) is 23.4. The smallest absolute Gasteiger partial charge is 0.253 e. The monoisotopic (exact) mass is 434 g/mol. The van der Waals surface area contributed by atoms with E-state index in [4.69, 9.17) is 23.2 Å². The third kappa shape index (κ3) is 4.78. The molecule has 1 N–H and O–H groups in total. The van der Waals surface area contributed by atoms with E-state index >= 15 is 0 Å². The molecule has 0 saturated heterocycles. The third-order valence-electron chi connectivity index (χ3n) is 5.61. The SMILES string of the molecule is CCN(CC)S(=O)(=O)c1cc(C(=O)N[C@@H]2CCC[C@H](C)[C@@H]2C)c(Cl)cc1Cl. The van der Waals surface area contributed by atoms with Crippen LogP contribution in [-0.2, 0) is 10.0 Å². The molecule has 152 valence electrons. The Hall–Kier alpha value is -0.820. The lowest BCUT2D eigenvalue weighted by molar-refractivity contribution is 0.0891. The highest BCUT2D eigenvalue weighted by atomic mass is 35.5. The fraction of sp³-hybridized carbons (Fsp3) is 0.632. The zero-order valence-electron chi connectivity index (χ0n) is 16.3. The molecule has 1 amide bonds. The number of carbonyl (C=O) groups is 1. The summed E-state index contributed by atoms with van der Waals surface area (Å²) in [7, 11) is -3.79. The van der Waals surface area contributed by atoms with Gasteiger partial charge in [0, 0.05) is 19.1 Å². The summed E-state index contributed by atoms with van der Waals surface area (Å²) in [5.41, 5.74) is 0.136. The van der Waals surface area contributed by atoms with Gasteiger partial charge in [-0.2, -0.15) is 4.31 Å². The summed E-state index contributed by atoms with van der Waals surface area (Å²) in [5, 5.41) is 3.20. The highest BCUT2D eigenvalue weighted by molar-refractivity contribution is 7.89. The fourth-order valence-corrected chi connectivity index (χ4v) is 5.93. The van der Waals surface area contributed by atoms with Crippen molar-refractivity contribution in [2.45, 2.75) is 57.9 Å². The van der Waals surface area contributed by atoms with E-state index in [9.17, 15) is 13.2 Å². The van der Waals surface area contributed by atoms with Gasteiger partial charge in [-0.15, -0.1) is 0 Å². The molecule has 0 heterocycles. The van der Waals surface area contributed by atoms with Crippen LogP contribution in [0.25, 0.3) is 0 Å². The number of carbonyl (C=O) groups excluding carboxylic acids is 1. The van der Waals surface area contributed by atoms with Crippen LogP contribution in [-0.4, -0.2) is 37.8 Å². The second kappa shape index (κ2) is 9.12. The van der Waals surface area contributed by atoms with E-state index in [0.29, 0.717) is 24.9 Å². The van der Waals surface area contributed by atoms with Crippen LogP contribution in [0.1, 0.15) is 57.3 Å². The van der Waals surface area contributed by atoms with Crippen molar-refractivity contribution < 1.29 is 13.2 Å². The largest absolute Gasteiger partial charge is 0.349 e. The molecule has 3 atom stereocenters. The molecule has 27 heavy (non-hydrogen) atoms. The van der Waals surface area contributed by atoms with Gasteiger partial charge in [-0.25, -0.2) is 8.42 Å². The number of hydrogen-bond acceptors (Lipinski definition) is 3. The Kier molecular flexibility index (Phi) is 7.59. The lowest BCUT2D eigenvalue weighted by Gasteiger charge is -2.34. The maximum absolute atomic E-state index is 12.9. The Morgan fingerprint density at radius 2 is 1.78 bits per heavy atom. The molecule has 2 rings (SSSR count). The summed E-state index contributed by atoms with van der Waals surface area (Å²) >= 11 is 12.4. The molecule has 5 nitrogen and oxygen atoms in total. The lowest BCUT2D eigenvalue weighted by Crippen LogP contribution is -2.43. The van der Waals surface area contributed by atoms with Crippen LogP contribution in [0.15, 0.2) is 17.0 Å². The van der Waals surface area contributed by atoms with E-state index in [-0.39, 0.29) is 32.5 Å². The van der Waals surface area contributed by atoms with Crippen LogP contribution >= 0.6 is 23.2 Å². The second-order valence-electron chi connectivity index (χ2n) is 7.20. The van der Waals surface area contributed by atoms with Gasteiger partial charge >= 0.3 is 0 Å². The van der Waals surface area contributed by atoms with Crippen molar-refractivity contribution in [1.82, 2.24) is 9.62 Å². The first kappa shape index (κ1) is 22.5. The van der Waals surface area contributed by atoms with Gasteiger partial charge in [-0.05, 0) is 30.4 Å². The number of halogens is 2. The zero-order chi connectivity index (χ0) is 20.4. The number of sulfonamides is 1. The number of nitrogens with one attached hydrogen (secondary N) is 1. The Morgan fingerprint density at radius 3 is 2.37 bits per heavy atom. The molecule has 8 heteroatoms. The molecular formula is C19H28Cl2N2O3S. The first-order valence-corrected chi connectivity index (χ1v) is 11.6. The standard InChI is InChI=1S/C19H28Cl2N2O3S/c1-5-23(6-2)27(25,26)18-10-14(15(20)11-16(18)21)19(24)22-17-9-7-8-12(3)13(17)4/h10-13,17H,5-9H2,1-4H3,(H,22,24)/t12-,13-,17+/m0/s1. The molecule has 0 spiro atoms. The van der Waals surface area contributed by atoms with Gasteiger partial charge in [0.2, 0.25) is 10.0 Å². The average Bonchev–Trinajstić information content (AvgIpc) is 2.59. The Bertz CT molecular complexity index is 794. The minimum Gasteiger partial charge on any atom is -0.349 e. The van der Waals surface area contributed by atoms with Crippen molar-refractivity contribution in [3.05, 3.63) is 27.7 Å². The minimum atomic E-state index is -3.79. The van der Waals surface area contributed by atoms with Gasteiger partial charge in [0.15, 0.2) is 0 Å². The Labute approximate surface area is 172 Å². The highest BCUT2D eigenvalue weighted by Crippen LogP contribution is 2.32. The molecular weight excluding hydrogens is 407 g/mol. The van der Waals surface area contributed by atoms with Gasteiger partial charge in [0.1, 0.15) is 4.90 Å². The topological polar surface area (TPSA) is 66.5 Å². The van der Waals surface area contributed by atoms with E-state index in [2.05, 4.69) is 19.2 Å². The van der Waals surface area contributed by atoms with Crippen molar-refractivity contribution in [2.75, 3.05) is 13.1 Å². The molecule has 1 fully saturated rings. The van der Waals surface area contributed by atoms with E-state index in [0.717, 1.165) is 19.3 Å². The Morgan fingerprint density at radius 1 is 1.15 bits per heavy atom. The summed E-state index contributed by atoms with van der Waals surface area (Å²) in [6.07, 6.45) is 3.13. The molecule has 0 aromatic heterocycles. The summed E-state index contributed by atoms with van der Waals surface area (Å²) < 4.78 is 27.0. The van der Waals surface area contributed by atoms with E-state index in [1.807, 2.05) is 0 Å². The van der Waals surface area contributed by atoms with Gasteiger partial charge in [0.25, 0.3) is 5.91 Å². The van der Waals surface area contributed by atoms with Crippen molar-refractivity contribution in [3.63, 3.8) is 0 Å². The van der Waals surface area contributed by atoms with E-state index in [1.165, 1.54) is 16.4 Å². The fourth-order valence-electron chi connectivity index (χ4n) is 3.64. The summed E-state index contributed by atoms with van der Waals surface area (Å²) in [6, 6.07) is 2.68. The molecule has 1 aliphatic rings. The molecule has 1 aliphatic carbocycles. The van der Waals surface area contributed by atoms with Crippen LogP contribution in [0.4, 0.5) is 0 Å². The number of nitrogens with zero attached hydrogens (tertiary/aromatic N) is 1. The van der Waals surface area contributed by atoms with E-state index in [1.54, 1.807) is 13.8 Å². The van der Waals surface area contributed by atoms with Crippen molar-refractivity contribution in [3.8, 4) is 0 Å². The number of hydrogen-bond donors (Lipinski definition) is 1. The third-order valence-corrected chi connectivity index (χ3v) is 8.44. The number of benzene rings is 1. The number of rotatable bonds is 6. The molecule has 1 saturated carbocycles. The maximum Gasteiger partial charge on any atom is 0.253 e. The first-order valence-electron chi connectivity index (χ1n) is 9.43. The zero-order valence-corrected chi connectivity index (χ0v) is 18.6. The lowest BCUT2D eigenvalue weighted by atomic mass is 9.78. The van der Waals surface area contributed by atoms with Gasteiger partial charge < -0.3 is 5.32 Å². The summed E-state index contributed by atoms with van der Waals surface area (Å²) in [5.74, 6) is 0.523. The van der Waals surface area contributed by atoms with Crippen molar-refractivity contribution in [1.29, 1.82) is 0 Å². The second-order valence-corrected chi connectivity index (χ2v) is 9.92. The molecule has 0 bridgehead atoms. The Balaban J connectivity index is 2.36. The molecule has 1 aromatic rings. The quantitative estimate of drug-likeness (QED) is 0.712. The molecule has 1 aromatic carbocycles. The van der Waals surface area contributed by atoms with E-state index < -0.39 is 10.0 Å². The van der Waals surface area contributed by atoms with Crippen LogP contribution < -0.4 is 5.32 Å². The summed E-state index contributed by atoms with van der Waals surface area (Å²) in [4.78, 5) is 12.7. The molecule has 0 aliphatic heterocycles. The average molecular weight is 435 g/mol. The van der Waals surface area contributed by atoms with Gasteiger partial charge in [-0.1, -0.05) is 63.7 Å². The predicted molar refractivity (Wildman–Crippen MR) is 110 cm³/mol. The molecule has 0 radical (unpaired) electrons. The van der Waals surface area contributed by atoms with Crippen molar-refractivity contribution >= 4 is 39.1 Å². The van der Waals surface area contributed by atoms with Crippen LogP contribution in [0.5, 0.6) is 0 Å². The summed E-state index contributed by atoms with van der Waals surface area (Å²) in [6.45, 7) is 8.46.